The number of pyridine rings is 1. The molecule has 0 bridgehead atoms. The molecule has 4 nitrogen and oxygen atoms in total. The highest BCUT2D eigenvalue weighted by molar-refractivity contribution is 6.33. The van der Waals surface area contributed by atoms with Crippen LogP contribution in [-0.4, -0.2) is 14.6 Å². The Morgan fingerprint density at radius 1 is 1.40 bits per heavy atom. The lowest BCUT2D eigenvalue weighted by molar-refractivity contribution is -0.144. The van der Waals surface area contributed by atoms with Crippen molar-refractivity contribution in [3.8, 4) is 0 Å². The molecule has 0 saturated carbocycles. The van der Waals surface area contributed by atoms with Crippen molar-refractivity contribution in [1.82, 2.24) is 14.6 Å². The molecule has 0 saturated heterocycles. The maximum atomic E-state index is 12.2. The normalized spacial score (nSPS) is 12.3. The van der Waals surface area contributed by atoms with E-state index >= 15 is 0 Å². The van der Waals surface area contributed by atoms with E-state index in [1.807, 2.05) is 0 Å². The molecule has 0 spiro atoms. The van der Waals surface area contributed by atoms with Gasteiger partial charge in [-0.25, -0.2) is 9.50 Å². The summed E-state index contributed by atoms with van der Waals surface area (Å²) in [5.41, 5.74) is 5.55. The van der Waals surface area contributed by atoms with Gasteiger partial charge < -0.3 is 5.73 Å². The fourth-order valence-corrected chi connectivity index (χ4v) is 1.19. The second-order valence-corrected chi connectivity index (χ2v) is 3.22. The first-order valence-electron chi connectivity index (χ1n) is 3.76. The van der Waals surface area contributed by atoms with Crippen LogP contribution < -0.4 is 5.73 Å². The van der Waals surface area contributed by atoms with Crippen molar-refractivity contribution in [2.75, 3.05) is 5.73 Å². The van der Waals surface area contributed by atoms with Crippen molar-refractivity contribution < 1.29 is 13.2 Å². The molecule has 0 aliphatic heterocycles. The Hall–Kier alpha value is -1.50. The van der Waals surface area contributed by atoms with Crippen LogP contribution >= 0.6 is 11.6 Å². The maximum Gasteiger partial charge on any atom is 0.453 e. The number of rotatable bonds is 0. The summed E-state index contributed by atoms with van der Waals surface area (Å²) in [7, 11) is 0. The molecule has 0 unspecified atom stereocenters. The number of hydrogen-bond donors (Lipinski definition) is 1. The third kappa shape index (κ3) is 1.70. The van der Waals surface area contributed by atoms with Crippen LogP contribution in [-0.2, 0) is 6.18 Å². The number of nitrogens with zero attached hydrogens (tertiary/aromatic N) is 3. The number of nitrogen functional groups attached to an aromatic ring is 1. The minimum atomic E-state index is -4.58. The lowest BCUT2D eigenvalue weighted by Crippen LogP contribution is -2.07. The lowest BCUT2D eigenvalue weighted by Gasteiger charge is -1.97. The fourth-order valence-electron chi connectivity index (χ4n) is 1.04. The number of halogens is 4. The average molecular weight is 237 g/mol. The van der Waals surface area contributed by atoms with E-state index in [0.717, 1.165) is 4.52 Å². The van der Waals surface area contributed by atoms with Crippen LogP contribution in [0.25, 0.3) is 5.65 Å². The van der Waals surface area contributed by atoms with Gasteiger partial charge in [0, 0.05) is 6.07 Å². The minimum Gasteiger partial charge on any atom is -0.396 e. The largest absolute Gasteiger partial charge is 0.453 e. The van der Waals surface area contributed by atoms with Crippen molar-refractivity contribution in [2.24, 2.45) is 0 Å². The second-order valence-electron chi connectivity index (χ2n) is 2.81. The molecule has 0 aliphatic rings. The maximum absolute atomic E-state index is 12.2. The first-order valence-corrected chi connectivity index (χ1v) is 4.14. The van der Waals surface area contributed by atoms with Crippen LogP contribution in [0.15, 0.2) is 12.3 Å². The molecule has 0 aliphatic carbocycles. The van der Waals surface area contributed by atoms with Crippen molar-refractivity contribution in [2.45, 2.75) is 6.18 Å². The minimum absolute atomic E-state index is 0.00141. The van der Waals surface area contributed by atoms with Gasteiger partial charge in [0.25, 0.3) is 5.82 Å². The molecule has 15 heavy (non-hydrogen) atoms. The first-order chi connectivity index (χ1) is 6.88. The summed E-state index contributed by atoms with van der Waals surface area (Å²) in [5, 5.41) is 3.37. The van der Waals surface area contributed by atoms with Crippen LogP contribution in [0.3, 0.4) is 0 Å². The van der Waals surface area contributed by atoms with Gasteiger partial charge in [0.1, 0.15) is 0 Å². The van der Waals surface area contributed by atoms with E-state index in [1.165, 1.54) is 12.3 Å². The predicted molar refractivity (Wildman–Crippen MR) is 47.4 cm³/mol. The Balaban J connectivity index is 2.66. The molecule has 0 amide bonds. The molecule has 2 heterocycles. The average Bonchev–Trinajstić information content (AvgIpc) is 2.47. The van der Waals surface area contributed by atoms with Crippen molar-refractivity contribution in [3.05, 3.63) is 23.1 Å². The number of aromatic nitrogens is 3. The fraction of sp³-hybridized carbons (Fsp3) is 0.143. The SMILES string of the molecule is Nc1cn2nc(C(F)(F)F)nc2cc1Cl. The highest BCUT2D eigenvalue weighted by Gasteiger charge is 2.36. The molecular weight excluding hydrogens is 233 g/mol. The van der Waals surface area contributed by atoms with Crippen molar-refractivity contribution in [3.63, 3.8) is 0 Å². The summed E-state index contributed by atoms with van der Waals surface area (Å²) in [5.74, 6) is -1.22. The summed E-state index contributed by atoms with van der Waals surface area (Å²) in [6, 6.07) is 1.22. The molecule has 0 atom stereocenters. The predicted octanol–water partition coefficient (Wildman–Crippen LogP) is 1.98. The van der Waals surface area contributed by atoms with Gasteiger partial charge in [0.2, 0.25) is 0 Å². The zero-order chi connectivity index (χ0) is 11.2. The van der Waals surface area contributed by atoms with Crippen LogP contribution in [0.4, 0.5) is 18.9 Å². The van der Waals surface area contributed by atoms with Crippen molar-refractivity contribution >= 4 is 22.9 Å². The third-order valence-electron chi connectivity index (χ3n) is 1.70. The van der Waals surface area contributed by atoms with Crippen molar-refractivity contribution in [1.29, 1.82) is 0 Å². The Bertz CT molecular complexity index is 480. The number of alkyl halides is 3. The molecule has 80 valence electrons. The van der Waals surface area contributed by atoms with E-state index in [0.29, 0.717) is 0 Å². The van der Waals surface area contributed by atoms with E-state index in [9.17, 15) is 13.2 Å². The Morgan fingerprint density at radius 2 is 2.07 bits per heavy atom. The van der Waals surface area contributed by atoms with Gasteiger partial charge in [0.05, 0.1) is 16.9 Å². The highest BCUT2D eigenvalue weighted by Crippen LogP contribution is 2.27. The van der Waals surface area contributed by atoms with Crippen LogP contribution in [0.1, 0.15) is 5.82 Å². The Labute approximate surface area is 86.5 Å². The second kappa shape index (κ2) is 2.99. The van der Waals surface area contributed by atoms with Gasteiger partial charge in [-0.05, 0) is 0 Å². The van der Waals surface area contributed by atoms with Gasteiger partial charge in [-0.15, -0.1) is 5.10 Å². The monoisotopic (exact) mass is 236 g/mol. The number of hydrogen-bond acceptors (Lipinski definition) is 3. The number of anilines is 1. The summed E-state index contributed by atoms with van der Waals surface area (Å²) < 4.78 is 37.6. The van der Waals surface area contributed by atoms with E-state index < -0.39 is 12.0 Å². The van der Waals surface area contributed by atoms with Gasteiger partial charge in [-0.3, -0.25) is 0 Å². The molecule has 2 aromatic heterocycles. The topological polar surface area (TPSA) is 56.2 Å². The summed E-state index contributed by atoms with van der Waals surface area (Å²) in [4.78, 5) is 3.27. The summed E-state index contributed by atoms with van der Waals surface area (Å²) >= 11 is 5.62. The summed E-state index contributed by atoms with van der Waals surface area (Å²) in [6.07, 6.45) is -3.40. The first kappa shape index (κ1) is 10.0. The quantitative estimate of drug-likeness (QED) is 0.761. The Morgan fingerprint density at radius 3 is 2.67 bits per heavy atom. The molecule has 0 aromatic carbocycles. The van der Waals surface area contributed by atoms with E-state index in [2.05, 4.69) is 10.1 Å². The molecule has 0 radical (unpaired) electrons. The van der Waals surface area contributed by atoms with Crippen LogP contribution in [0.2, 0.25) is 5.02 Å². The molecule has 2 rings (SSSR count). The molecule has 2 N–H and O–H groups in total. The smallest absolute Gasteiger partial charge is 0.396 e. The third-order valence-corrected chi connectivity index (χ3v) is 2.03. The molecule has 2 aromatic rings. The van der Waals surface area contributed by atoms with Crippen LogP contribution in [0, 0.1) is 0 Å². The number of fused-ring (bicyclic) bond motifs is 1. The number of nitrogens with two attached hydrogens (primary N) is 1. The van der Waals surface area contributed by atoms with Gasteiger partial charge >= 0.3 is 6.18 Å². The zero-order valence-electron chi connectivity index (χ0n) is 7.09. The highest BCUT2D eigenvalue weighted by atomic mass is 35.5. The van der Waals surface area contributed by atoms with E-state index in [1.54, 1.807) is 0 Å². The Kier molecular flexibility index (Phi) is 2.00. The summed E-state index contributed by atoms with van der Waals surface area (Å²) in [6.45, 7) is 0. The van der Waals surface area contributed by atoms with Crippen LogP contribution in [0.5, 0.6) is 0 Å². The van der Waals surface area contributed by atoms with E-state index in [4.69, 9.17) is 17.3 Å². The van der Waals surface area contributed by atoms with Gasteiger partial charge in [0.15, 0.2) is 5.65 Å². The van der Waals surface area contributed by atoms with Gasteiger partial charge in [-0.2, -0.15) is 13.2 Å². The standard InChI is InChI=1S/C7H4ClF3N4/c8-3-1-5-13-6(7(9,10)11)14-15(5)2-4(3)12/h1-2H,12H2. The molecular formula is C7H4ClF3N4. The van der Waals surface area contributed by atoms with Gasteiger partial charge in [-0.1, -0.05) is 11.6 Å². The van der Waals surface area contributed by atoms with E-state index in [-0.39, 0.29) is 16.4 Å². The molecule has 8 heteroatoms. The zero-order valence-corrected chi connectivity index (χ0v) is 7.84. The lowest BCUT2D eigenvalue weighted by atomic mass is 10.4. The molecule has 0 fully saturated rings.